The Kier molecular flexibility index (Phi) is 4.63. The molecule has 0 aliphatic carbocycles. The Labute approximate surface area is 143 Å². The molecule has 1 N–H and O–H groups in total. The van der Waals surface area contributed by atoms with E-state index < -0.39 is 0 Å². The molecule has 0 aliphatic rings. The molecule has 0 spiro atoms. The van der Waals surface area contributed by atoms with Gasteiger partial charge in [-0.1, -0.05) is 48.5 Å². The monoisotopic (exact) mass is 368 g/mol. The molecule has 0 bridgehead atoms. The first kappa shape index (κ1) is 15.6. The molecular weight excluding hydrogens is 352 g/mol. The molecule has 23 heavy (non-hydrogen) atoms. The van der Waals surface area contributed by atoms with E-state index in [1.807, 2.05) is 54.6 Å². The minimum atomic E-state index is -0.0307. The first-order chi connectivity index (χ1) is 11.2. The molecule has 1 heterocycles. The third-order valence-corrected chi connectivity index (χ3v) is 4.35. The van der Waals surface area contributed by atoms with Gasteiger partial charge >= 0.3 is 0 Å². The predicted molar refractivity (Wildman–Crippen MR) is 97.4 cm³/mol. The van der Waals surface area contributed by atoms with Gasteiger partial charge < -0.3 is 9.88 Å². The average molecular weight is 369 g/mol. The summed E-state index contributed by atoms with van der Waals surface area (Å²) >= 11 is 3.51. The summed E-state index contributed by atoms with van der Waals surface area (Å²) in [7, 11) is 0. The fraction of sp³-hybridized carbons (Fsp3) is 0.105. The van der Waals surface area contributed by atoms with Gasteiger partial charge in [-0.15, -0.1) is 6.58 Å². The molecule has 4 heteroatoms. The fourth-order valence-corrected chi connectivity index (χ4v) is 3.06. The van der Waals surface area contributed by atoms with Crippen molar-refractivity contribution in [3.05, 3.63) is 83.0 Å². The van der Waals surface area contributed by atoms with Gasteiger partial charge in [0.05, 0.1) is 5.52 Å². The van der Waals surface area contributed by atoms with Gasteiger partial charge in [-0.3, -0.25) is 4.79 Å². The zero-order chi connectivity index (χ0) is 16.2. The van der Waals surface area contributed by atoms with Crippen LogP contribution in [0.25, 0.3) is 10.9 Å². The number of carbonyl (C=O) groups excluding carboxylic acids is 1. The third-order valence-electron chi connectivity index (χ3n) is 3.69. The molecule has 0 radical (unpaired) electrons. The molecule has 0 atom stereocenters. The quantitative estimate of drug-likeness (QED) is 0.647. The average Bonchev–Trinajstić information content (AvgIpc) is 3.00. The van der Waals surface area contributed by atoms with Crippen LogP contribution in [0.2, 0.25) is 0 Å². The van der Waals surface area contributed by atoms with Crippen LogP contribution in [0.1, 0.15) is 16.1 Å². The van der Waals surface area contributed by atoms with Crippen LogP contribution in [0.4, 0.5) is 0 Å². The lowest BCUT2D eigenvalue weighted by molar-refractivity contribution is 0.0758. The van der Waals surface area contributed by atoms with E-state index in [1.165, 1.54) is 0 Å². The van der Waals surface area contributed by atoms with Gasteiger partial charge in [0.2, 0.25) is 0 Å². The zero-order valence-electron chi connectivity index (χ0n) is 12.6. The highest BCUT2D eigenvalue weighted by Crippen LogP contribution is 2.24. The second-order valence-corrected chi connectivity index (χ2v) is 6.20. The van der Waals surface area contributed by atoms with Crippen molar-refractivity contribution in [3.63, 3.8) is 0 Å². The van der Waals surface area contributed by atoms with Crippen LogP contribution >= 0.6 is 15.9 Å². The van der Waals surface area contributed by atoms with Crippen LogP contribution in [0.15, 0.2) is 71.7 Å². The second-order valence-electron chi connectivity index (χ2n) is 5.35. The standard InChI is InChI=1S/C19H17BrN2O/c1-2-11-22(13-14-7-4-3-5-8-14)19(23)17-12-15-9-6-10-16(20)18(15)21-17/h2-10,12,21H,1,11,13H2. The highest BCUT2D eigenvalue weighted by molar-refractivity contribution is 9.10. The number of hydrogen-bond acceptors (Lipinski definition) is 1. The zero-order valence-corrected chi connectivity index (χ0v) is 14.2. The maximum atomic E-state index is 12.9. The number of fused-ring (bicyclic) bond motifs is 1. The SMILES string of the molecule is C=CCN(Cc1ccccc1)C(=O)c1cc2cccc(Br)c2[nH]1. The van der Waals surface area contributed by atoms with Gasteiger partial charge in [-0.25, -0.2) is 0 Å². The molecular formula is C19H17BrN2O. The van der Waals surface area contributed by atoms with Gasteiger partial charge in [0.25, 0.3) is 5.91 Å². The van der Waals surface area contributed by atoms with Gasteiger partial charge in [0.15, 0.2) is 0 Å². The van der Waals surface area contributed by atoms with Crippen LogP contribution < -0.4 is 0 Å². The molecule has 0 saturated carbocycles. The van der Waals surface area contributed by atoms with E-state index >= 15 is 0 Å². The lowest BCUT2D eigenvalue weighted by atomic mass is 10.2. The molecule has 0 saturated heterocycles. The topological polar surface area (TPSA) is 36.1 Å². The Morgan fingerprint density at radius 2 is 1.96 bits per heavy atom. The van der Waals surface area contributed by atoms with E-state index in [0.29, 0.717) is 18.8 Å². The van der Waals surface area contributed by atoms with Crippen molar-refractivity contribution in [2.24, 2.45) is 0 Å². The van der Waals surface area contributed by atoms with Crippen LogP contribution in [0.3, 0.4) is 0 Å². The summed E-state index contributed by atoms with van der Waals surface area (Å²) in [6.45, 7) is 4.83. The second kappa shape index (κ2) is 6.84. The Morgan fingerprint density at radius 3 is 2.65 bits per heavy atom. The third kappa shape index (κ3) is 3.37. The van der Waals surface area contributed by atoms with E-state index in [4.69, 9.17) is 0 Å². The molecule has 1 aromatic heterocycles. The summed E-state index contributed by atoms with van der Waals surface area (Å²) in [5, 5.41) is 1.01. The normalized spacial score (nSPS) is 10.7. The highest BCUT2D eigenvalue weighted by atomic mass is 79.9. The van der Waals surface area contributed by atoms with Gasteiger partial charge in [0, 0.05) is 22.9 Å². The summed E-state index contributed by atoms with van der Waals surface area (Å²) in [6.07, 6.45) is 1.75. The van der Waals surface area contributed by atoms with E-state index in [2.05, 4.69) is 27.5 Å². The lowest BCUT2D eigenvalue weighted by Gasteiger charge is -2.20. The summed E-state index contributed by atoms with van der Waals surface area (Å²) < 4.78 is 0.951. The molecule has 3 aromatic rings. The summed E-state index contributed by atoms with van der Waals surface area (Å²) in [5.74, 6) is -0.0307. The number of H-pyrrole nitrogens is 1. The minimum Gasteiger partial charge on any atom is -0.350 e. The molecule has 1 amide bonds. The number of carbonyl (C=O) groups is 1. The van der Waals surface area contributed by atoms with E-state index in [1.54, 1.807) is 11.0 Å². The van der Waals surface area contributed by atoms with Crippen molar-refractivity contribution in [3.8, 4) is 0 Å². The maximum absolute atomic E-state index is 12.9. The fourth-order valence-electron chi connectivity index (χ4n) is 2.58. The van der Waals surface area contributed by atoms with Crippen LogP contribution in [-0.2, 0) is 6.54 Å². The van der Waals surface area contributed by atoms with Crippen molar-refractivity contribution >= 4 is 32.7 Å². The Morgan fingerprint density at radius 1 is 1.17 bits per heavy atom. The first-order valence-electron chi connectivity index (χ1n) is 7.40. The number of nitrogens with zero attached hydrogens (tertiary/aromatic N) is 1. The van der Waals surface area contributed by atoms with Crippen molar-refractivity contribution in [1.29, 1.82) is 0 Å². The van der Waals surface area contributed by atoms with E-state index in [-0.39, 0.29) is 5.91 Å². The molecule has 0 unspecified atom stereocenters. The number of para-hydroxylation sites is 1. The van der Waals surface area contributed by atoms with Crippen molar-refractivity contribution in [1.82, 2.24) is 9.88 Å². The summed E-state index contributed by atoms with van der Waals surface area (Å²) in [5.41, 5.74) is 2.62. The number of nitrogens with one attached hydrogen (secondary N) is 1. The van der Waals surface area contributed by atoms with Crippen molar-refractivity contribution in [2.75, 3.05) is 6.54 Å². The molecule has 116 valence electrons. The smallest absolute Gasteiger partial charge is 0.270 e. The van der Waals surface area contributed by atoms with Crippen molar-refractivity contribution in [2.45, 2.75) is 6.54 Å². The van der Waals surface area contributed by atoms with Crippen LogP contribution in [-0.4, -0.2) is 22.3 Å². The molecule has 0 aliphatic heterocycles. The number of amides is 1. The number of aromatic nitrogens is 1. The van der Waals surface area contributed by atoms with Gasteiger partial charge in [-0.05, 0) is 33.6 Å². The number of halogens is 1. The van der Waals surface area contributed by atoms with Gasteiger partial charge in [-0.2, -0.15) is 0 Å². The maximum Gasteiger partial charge on any atom is 0.270 e. The molecule has 0 fully saturated rings. The van der Waals surface area contributed by atoms with E-state index in [0.717, 1.165) is 20.9 Å². The first-order valence-corrected chi connectivity index (χ1v) is 8.19. The number of hydrogen-bond donors (Lipinski definition) is 1. The molecule has 3 nitrogen and oxygen atoms in total. The largest absolute Gasteiger partial charge is 0.350 e. The summed E-state index contributed by atoms with van der Waals surface area (Å²) in [6, 6.07) is 17.8. The predicted octanol–water partition coefficient (Wildman–Crippen LogP) is 4.76. The Balaban J connectivity index is 1.90. The van der Waals surface area contributed by atoms with Gasteiger partial charge in [0.1, 0.15) is 5.69 Å². The van der Waals surface area contributed by atoms with Crippen LogP contribution in [0, 0.1) is 0 Å². The Bertz CT molecular complexity index is 839. The van der Waals surface area contributed by atoms with Crippen molar-refractivity contribution < 1.29 is 4.79 Å². The number of benzene rings is 2. The molecule has 2 aromatic carbocycles. The molecule has 3 rings (SSSR count). The Hall–Kier alpha value is -2.33. The highest BCUT2D eigenvalue weighted by Gasteiger charge is 2.17. The number of rotatable bonds is 5. The number of aromatic amines is 1. The lowest BCUT2D eigenvalue weighted by Crippen LogP contribution is -2.30. The minimum absolute atomic E-state index is 0.0307. The van der Waals surface area contributed by atoms with E-state index in [9.17, 15) is 4.79 Å². The van der Waals surface area contributed by atoms with Crippen LogP contribution in [0.5, 0.6) is 0 Å². The summed E-state index contributed by atoms with van der Waals surface area (Å²) in [4.78, 5) is 17.8.